The predicted molar refractivity (Wildman–Crippen MR) is 174 cm³/mol. The van der Waals surface area contributed by atoms with Crippen LogP contribution in [-0.2, 0) is 25.6 Å². The number of phenols is 1. The van der Waals surface area contributed by atoms with E-state index >= 15 is 0 Å². The molecule has 8 nitrogen and oxygen atoms in total. The van der Waals surface area contributed by atoms with Crippen LogP contribution < -0.4 is 14.5 Å². The first-order valence-electron chi connectivity index (χ1n) is 15.8. The minimum Gasteiger partial charge on any atom is -0.504 e. The van der Waals surface area contributed by atoms with Gasteiger partial charge in [-0.05, 0) is 79.6 Å². The van der Waals surface area contributed by atoms with Gasteiger partial charge in [-0.3, -0.25) is 24.1 Å². The second-order valence-electron chi connectivity index (χ2n) is 12.9. The number of amides is 4. The van der Waals surface area contributed by atoms with Crippen LogP contribution in [0.3, 0.4) is 0 Å². The van der Waals surface area contributed by atoms with Crippen LogP contribution in [0.4, 0.5) is 11.4 Å². The maximum Gasteiger partial charge on any atom is 0.241 e. The van der Waals surface area contributed by atoms with Crippen molar-refractivity contribution in [3.63, 3.8) is 0 Å². The molecule has 7 rings (SSSR count). The summed E-state index contributed by atoms with van der Waals surface area (Å²) in [6, 6.07) is 21.5. The van der Waals surface area contributed by atoms with E-state index in [1.807, 2.05) is 55.5 Å². The molecule has 234 valence electrons. The highest BCUT2D eigenvalue weighted by Gasteiger charge is 2.66. The SMILES string of the molecule is CCc1ccc(N2C(=O)C3CC=C4C(CC5C(=O)N(c6ccccc6)C(=O)C5(C)C4C=Cc4ccc(O)c(OC)c4)C3C2=O)cc1. The maximum atomic E-state index is 14.4. The van der Waals surface area contributed by atoms with E-state index in [4.69, 9.17) is 4.74 Å². The fraction of sp³-hybridized carbons (Fsp3) is 0.316. The van der Waals surface area contributed by atoms with Crippen molar-refractivity contribution in [2.75, 3.05) is 16.9 Å². The van der Waals surface area contributed by atoms with Crippen LogP contribution >= 0.6 is 0 Å². The molecule has 6 unspecified atom stereocenters. The van der Waals surface area contributed by atoms with Gasteiger partial charge >= 0.3 is 0 Å². The third-order valence-corrected chi connectivity index (χ3v) is 10.6. The Labute approximate surface area is 268 Å². The van der Waals surface area contributed by atoms with Crippen molar-refractivity contribution in [2.45, 2.75) is 33.1 Å². The summed E-state index contributed by atoms with van der Waals surface area (Å²) in [4.78, 5) is 59.3. The number of ether oxygens (including phenoxy) is 1. The van der Waals surface area contributed by atoms with Gasteiger partial charge in [0.15, 0.2) is 11.5 Å². The molecule has 4 aliphatic rings. The third-order valence-electron chi connectivity index (χ3n) is 10.6. The van der Waals surface area contributed by atoms with Crippen LogP contribution in [0, 0.1) is 35.0 Å². The first kappa shape index (κ1) is 29.7. The molecule has 8 heteroatoms. The summed E-state index contributed by atoms with van der Waals surface area (Å²) in [5.41, 5.74) is 2.75. The highest BCUT2D eigenvalue weighted by molar-refractivity contribution is 6.25. The van der Waals surface area contributed by atoms with Gasteiger partial charge in [-0.25, -0.2) is 4.90 Å². The highest BCUT2D eigenvalue weighted by atomic mass is 16.5. The van der Waals surface area contributed by atoms with E-state index in [-0.39, 0.29) is 35.3 Å². The van der Waals surface area contributed by atoms with Crippen molar-refractivity contribution in [3.05, 3.63) is 102 Å². The Bertz CT molecular complexity index is 1810. The minimum absolute atomic E-state index is 0.0128. The molecule has 1 N–H and O–H groups in total. The van der Waals surface area contributed by atoms with E-state index in [9.17, 15) is 24.3 Å². The average Bonchev–Trinajstić information content (AvgIpc) is 3.44. The zero-order valence-corrected chi connectivity index (χ0v) is 26.1. The molecule has 2 aliphatic heterocycles. The van der Waals surface area contributed by atoms with Gasteiger partial charge in [0.1, 0.15) is 0 Å². The Morgan fingerprint density at radius 3 is 2.30 bits per heavy atom. The zero-order valence-electron chi connectivity index (χ0n) is 26.1. The summed E-state index contributed by atoms with van der Waals surface area (Å²) in [6.07, 6.45) is 7.39. The van der Waals surface area contributed by atoms with Gasteiger partial charge in [-0.1, -0.05) is 67.1 Å². The normalized spacial score (nSPS) is 28.8. The van der Waals surface area contributed by atoms with E-state index in [2.05, 4.69) is 6.92 Å². The summed E-state index contributed by atoms with van der Waals surface area (Å²) in [5.74, 6) is -3.43. The van der Waals surface area contributed by atoms with Crippen LogP contribution in [0.25, 0.3) is 6.08 Å². The Morgan fingerprint density at radius 1 is 0.891 bits per heavy atom. The number of carbonyl (C=O) groups is 4. The second kappa shape index (κ2) is 11.1. The van der Waals surface area contributed by atoms with E-state index in [1.54, 1.807) is 42.5 Å². The molecule has 2 aliphatic carbocycles. The molecular formula is C38H36N2O6. The molecule has 0 bridgehead atoms. The van der Waals surface area contributed by atoms with Gasteiger partial charge in [0.25, 0.3) is 0 Å². The molecule has 6 atom stereocenters. The molecule has 4 amide bonds. The second-order valence-corrected chi connectivity index (χ2v) is 12.9. The monoisotopic (exact) mass is 616 g/mol. The van der Waals surface area contributed by atoms with Crippen LogP contribution in [0.15, 0.2) is 90.5 Å². The molecule has 0 aromatic heterocycles. The average molecular weight is 617 g/mol. The molecule has 3 fully saturated rings. The number of hydrogen-bond acceptors (Lipinski definition) is 6. The summed E-state index contributed by atoms with van der Waals surface area (Å²) in [5, 5.41) is 10.1. The number of methoxy groups -OCH3 is 1. The topological polar surface area (TPSA) is 104 Å². The van der Waals surface area contributed by atoms with Gasteiger partial charge in [-0.2, -0.15) is 0 Å². The number of fused-ring (bicyclic) bond motifs is 4. The molecule has 2 saturated heterocycles. The van der Waals surface area contributed by atoms with Crippen molar-refractivity contribution >= 4 is 41.1 Å². The molecule has 0 spiro atoms. The third kappa shape index (κ3) is 4.34. The fourth-order valence-electron chi connectivity index (χ4n) is 8.18. The lowest BCUT2D eigenvalue weighted by Crippen LogP contribution is -2.49. The Morgan fingerprint density at radius 2 is 1.61 bits per heavy atom. The minimum atomic E-state index is -1.11. The number of rotatable bonds is 6. The molecule has 1 saturated carbocycles. The molecule has 2 heterocycles. The van der Waals surface area contributed by atoms with Gasteiger partial charge in [0.2, 0.25) is 23.6 Å². The van der Waals surface area contributed by atoms with Crippen LogP contribution in [-0.4, -0.2) is 35.8 Å². The lowest BCUT2D eigenvalue weighted by molar-refractivity contribution is -0.132. The zero-order chi connectivity index (χ0) is 32.3. The maximum absolute atomic E-state index is 14.4. The van der Waals surface area contributed by atoms with Crippen molar-refractivity contribution in [2.24, 2.45) is 35.0 Å². The highest BCUT2D eigenvalue weighted by Crippen LogP contribution is 2.61. The standard InChI is InChI=1S/C38H36N2O6/c1-4-22-10-14-25(15-11-22)39-34(42)27-17-16-26-28(33(27)36(39)44)21-30-35(43)40(24-8-6-5-7-9-24)37(45)38(30,2)29(26)18-12-23-13-19-31(41)32(20-23)46-3/h5-16,18-20,27-30,33,41H,4,17,21H2,1-3H3. The number of anilines is 2. The van der Waals surface area contributed by atoms with Gasteiger partial charge in [-0.15, -0.1) is 0 Å². The molecule has 3 aromatic carbocycles. The fourth-order valence-corrected chi connectivity index (χ4v) is 8.18. The van der Waals surface area contributed by atoms with Crippen LogP contribution in [0.5, 0.6) is 11.5 Å². The number of aromatic hydroxyl groups is 1. The lowest BCUT2D eigenvalue weighted by Gasteiger charge is -2.47. The first-order valence-corrected chi connectivity index (χ1v) is 15.8. The smallest absolute Gasteiger partial charge is 0.241 e. The number of nitrogens with zero attached hydrogens (tertiary/aromatic N) is 2. The summed E-state index contributed by atoms with van der Waals surface area (Å²) in [6.45, 7) is 3.91. The number of carbonyl (C=O) groups excluding carboxylic acids is 4. The molecule has 3 aromatic rings. The van der Waals surface area contributed by atoms with Crippen molar-refractivity contribution in [3.8, 4) is 11.5 Å². The first-order chi connectivity index (χ1) is 22.2. The van der Waals surface area contributed by atoms with Crippen molar-refractivity contribution < 1.29 is 29.0 Å². The number of imide groups is 2. The number of benzene rings is 3. The predicted octanol–water partition coefficient (Wildman–Crippen LogP) is 5.94. The van der Waals surface area contributed by atoms with E-state index in [0.29, 0.717) is 30.0 Å². The molecular weight excluding hydrogens is 580 g/mol. The molecule has 0 radical (unpaired) electrons. The van der Waals surface area contributed by atoms with Crippen molar-refractivity contribution in [1.29, 1.82) is 0 Å². The quantitative estimate of drug-likeness (QED) is 0.271. The van der Waals surface area contributed by atoms with E-state index in [1.165, 1.54) is 16.9 Å². The number of para-hydroxylation sites is 1. The summed E-state index contributed by atoms with van der Waals surface area (Å²) < 4.78 is 5.30. The van der Waals surface area contributed by atoms with Crippen molar-refractivity contribution in [1.82, 2.24) is 0 Å². The van der Waals surface area contributed by atoms with E-state index < -0.39 is 29.1 Å². The largest absolute Gasteiger partial charge is 0.504 e. The van der Waals surface area contributed by atoms with Gasteiger partial charge < -0.3 is 9.84 Å². The Hall–Kier alpha value is -4.98. The number of aryl methyl sites for hydroxylation is 1. The van der Waals surface area contributed by atoms with Crippen LogP contribution in [0.1, 0.15) is 37.8 Å². The Balaban J connectivity index is 1.32. The van der Waals surface area contributed by atoms with Gasteiger partial charge in [0.05, 0.1) is 41.7 Å². The number of hydrogen-bond donors (Lipinski definition) is 1. The Kier molecular flexibility index (Phi) is 7.18. The number of phenolic OH excluding ortho intramolecular Hbond substituents is 1. The summed E-state index contributed by atoms with van der Waals surface area (Å²) in [7, 11) is 1.48. The molecule has 46 heavy (non-hydrogen) atoms. The number of allylic oxidation sites excluding steroid dienone is 3. The summed E-state index contributed by atoms with van der Waals surface area (Å²) >= 11 is 0. The lowest BCUT2D eigenvalue weighted by atomic mass is 9.52. The van der Waals surface area contributed by atoms with E-state index in [0.717, 1.165) is 23.1 Å². The van der Waals surface area contributed by atoms with Gasteiger partial charge in [0, 0.05) is 5.92 Å². The van der Waals surface area contributed by atoms with Crippen LogP contribution in [0.2, 0.25) is 0 Å².